The van der Waals surface area contributed by atoms with Gasteiger partial charge in [0, 0.05) is 13.5 Å². The lowest BCUT2D eigenvalue weighted by Gasteiger charge is -2.31. The molecule has 0 aliphatic heterocycles. The van der Waals surface area contributed by atoms with Crippen LogP contribution in [-0.2, 0) is 30.3 Å². The summed E-state index contributed by atoms with van der Waals surface area (Å²) in [4.78, 5) is 62.9. The van der Waals surface area contributed by atoms with Crippen molar-refractivity contribution in [2.24, 2.45) is 0 Å². The van der Waals surface area contributed by atoms with E-state index in [9.17, 15) is 28.4 Å². The summed E-state index contributed by atoms with van der Waals surface area (Å²) in [5, 5.41) is 16.3. The molecule has 0 aliphatic rings. The number of amides is 4. The number of rotatable bonds is 11. The number of carbonyl (C=O) groups excluding carboxylic acids is 4. The number of hydrogen-bond acceptors (Lipinski definition) is 7. The first-order valence-electron chi connectivity index (χ1n) is 12.9. The first-order chi connectivity index (χ1) is 18.5. The number of carbonyl (C=O) groups is 5. The van der Waals surface area contributed by atoms with E-state index in [0.29, 0.717) is 5.56 Å². The molecule has 4 atom stereocenters. The minimum absolute atomic E-state index is 0.0101. The van der Waals surface area contributed by atoms with Crippen molar-refractivity contribution in [1.82, 2.24) is 20.9 Å². The predicted octanol–water partition coefficient (Wildman–Crippen LogP) is 2.24. The number of carboxylic acids is 1. The van der Waals surface area contributed by atoms with E-state index >= 15 is 0 Å². The highest BCUT2D eigenvalue weighted by Gasteiger charge is 2.33. The fourth-order valence-electron chi connectivity index (χ4n) is 3.25. The number of benzene rings is 1. The van der Waals surface area contributed by atoms with Crippen LogP contribution >= 0.6 is 0 Å². The molecule has 12 nitrogen and oxygen atoms in total. The van der Waals surface area contributed by atoms with E-state index < -0.39 is 65.4 Å². The van der Waals surface area contributed by atoms with Crippen molar-refractivity contribution < 1.29 is 42.9 Å². The van der Waals surface area contributed by atoms with Gasteiger partial charge in [0.05, 0.1) is 7.11 Å². The van der Waals surface area contributed by atoms with Crippen LogP contribution in [0.4, 0.5) is 9.18 Å². The third-order valence-electron chi connectivity index (χ3n) is 5.35. The number of nitrogens with one attached hydrogen (secondary N) is 3. The zero-order valence-electron chi connectivity index (χ0n) is 24.9. The maximum absolute atomic E-state index is 14.2. The molecule has 0 aliphatic carbocycles. The van der Waals surface area contributed by atoms with Crippen molar-refractivity contribution >= 4 is 29.8 Å². The Hall–Kier alpha value is -3.90. The highest BCUT2D eigenvalue weighted by Crippen LogP contribution is 2.20. The summed E-state index contributed by atoms with van der Waals surface area (Å²) < 4.78 is 24.2. The minimum Gasteiger partial charge on any atom is -0.494 e. The molecule has 0 aromatic heterocycles. The van der Waals surface area contributed by atoms with Crippen molar-refractivity contribution in [2.45, 2.75) is 91.6 Å². The zero-order valence-corrected chi connectivity index (χ0v) is 24.9. The van der Waals surface area contributed by atoms with Crippen LogP contribution in [0.1, 0.15) is 61.0 Å². The monoisotopic (exact) mass is 570 g/mol. The maximum Gasteiger partial charge on any atom is 0.408 e. The van der Waals surface area contributed by atoms with Crippen LogP contribution in [0.25, 0.3) is 0 Å². The number of aliphatic carboxylic acids is 1. The molecule has 4 N–H and O–H groups in total. The van der Waals surface area contributed by atoms with Crippen LogP contribution in [0.2, 0.25) is 0 Å². The fourth-order valence-corrected chi connectivity index (χ4v) is 3.25. The second-order valence-electron chi connectivity index (χ2n) is 9.80. The van der Waals surface area contributed by atoms with Crippen molar-refractivity contribution in [3.05, 3.63) is 29.6 Å². The molecule has 226 valence electrons. The molecule has 1 unspecified atom stereocenters. The molecule has 0 saturated heterocycles. The maximum atomic E-state index is 14.2. The van der Waals surface area contributed by atoms with Gasteiger partial charge in [0.1, 0.15) is 29.8 Å². The lowest BCUT2D eigenvalue weighted by molar-refractivity contribution is -0.144. The quantitative estimate of drug-likeness (QED) is 0.315. The van der Waals surface area contributed by atoms with Gasteiger partial charge in [-0.3, -0.25) is 19.2 Å². The number of carboxylic acid groups (broad SMARTS) is 1. The van der Waals surface area contributed by atoms with Gasteiger partial charge in [-0.15, -0.1) is 0 Å². The lowest BCUT2D eigenvalue weighted by atomic mass is 10.0. The number of halogens is 1. The third-order valence-corrected chi connectivity index (χ3v) is 5.35. The molecule has 1 aromatic rings. The molecule has 13 heteroatoms. The van der Waals surface area contributed by atoms with Gasteiger partial charge in [-0.05, 0) is 59.2 Å². The molecule has 0 bridgehead atoms. The lowest BCUT2D eigenvalue weighted by Crippen LogP contribution is -2.57. The van der Waals surface area contributed by atoms with E-state index in [2.05, 4.69) is 16.0 Å². The van der Waals surface area contributed by atoms with Gasteiger partial charge in [0.25, 0.3) is 0 Å². The highest BCUT2D eigenvalue weighted by atomic mass is 19.1. The van der Waals surface area contributed by atoms with E-state index in [1.54, 1.807) is 20.8 Å². The molecule has 0 saturated carbocycles. The summed E-state index contributed by atoms with van der Waals surface area (Å²) >= 11 is 0. The summed E-state index contributed by atoms with van der Waals surface area (Å²) in [5.41, 5.74) is -0.426. The van der Waals surface area contributed by atoms with E-state index in [0.717, 1.165) is 11.0 Å². The van der Waals surface area contributed by atoms with E-state index in [-0.39, 0.29) is 12.2 Å². The Morgan fingerprint density at radius 2 is 1.50 bits per heavy atom. The van der Waals surface area contributed by atoms with Crippen LogP contribution in [-0.4, -0.2) is 83.7 Å². The zero-order chi connectivity index (χ0) is 31.4. The molecule has 0 fully saturated rings. The van der Waals surface area contributed by atoms with Crippen molar-refractivity contribution in [3.63, 3.8) is 0 Å². The molecule has 40 heavy (non-hydrogen) atoms. The Balaban J connectivity index is 0.00000742. The first kappa shape index (κ1) is 36.1. The van der Waals surface area contributed by atoms with Gasteiger partial charge in [0.15, 0.2) is 11.6 Å². The summed E-state index contributed by atoms with van der Waals surface area (Å²) in [6, 6.07) is -0.641. The number of methoxy groups -OCH3 is 1. The molecule has 1 aromatic carbocycles. The van der Waals surface area contributed by atoms with Crippen molar-refractivity contribution in [1.29, 1.82) is 0 Å². The van der Waals surface area contributed by atoms with Gasteiger partial charge < -0.3 is 35.4 Å². The van der Waals surface area contributed by atoms with Crippen molar-refractivity contribution in [3.8, 4) is 5.75 Å². The smallest absolute Gasteiger partial charge is 0.408 e. The molecule has 0 spiro atoms. The summed E-state index contributed by atoms with van der Waals surface area (Å²) in [5.74, 6) is -4.12. The topological polar surface area (TPSA) is 163 Å². The SMILES string of the molecule is CC.COc1ccc(CC(C(=O)N[C@@H](C)C(=O)O)N(C)C(=O)[C@H](C)NC(=O)[C@@H](C)NC(=O)OC(C)(C)C)cc1F. The number of alkyl carbamates (subject to hydrolysis) is 1. The highest BCUT2D eigenvalue weighted by molar-refractivity contribution is 5.94. The molecular weight excluding hydrogens is 527 g/mol. The van der Waals surface area contributed by atoms with Crippen LogP contribution in [0.3, 0.4) is 0 Å². The van der Waals surface area contributed by atoms with Gasteiger partial charge in [-0.2, -0.15) is 0 Å². The minimum atomic E-state index is -1.28. The Bertz CT molecular complexity index is 1040. The second-order valence-corrected chi connectivity index (χ2v) is 9.80. The Morgan fingerprint density at radius 1 is 0.950 bits per heavy atom. The normalized spacial score (nSPS) is 13.7. The molecule has 1 rings (SSSR count). The summed E-state index contributed by atoms with van der Waals surface area (Å²) in [6.07, 6.45) is -0.967. The number of ether oxygens (including phenoxy) is 2. The Kier molecular flexibility index (Phi) is 14.7. The van der Waals surface area contributed by atoms with Crippen LogP contribution in [0.5, 0.6) is 5.75 Å². The first-order valence-corrected chi connectivity index (χ1v) is 12.9. The largest absolute Gasteiger partial charge is 0.494 e. The Morgan fingerprint density at radius 3 is 1.98 bits per heavy atom. The third kappa shape index (κ3) is 11.9. The van der Waals surface area contributed by atoms with E-state index in [1.165, 1.54) is 47.1 Å². The van der Waals surface area contributed by atoms with E-state index in [1.807, 2.05) is 13.8 Å². The van der Waals surface area contributed by atoms with Gasteiger partial charge in [0.2, 0.25) is 17.7 Å². The van der Waals surface area contributed by atoms with Crippen LogP contribution < -0.4 is 20.7 Å². The molecule has 0 radical (unpaired) electrons. The predicted molar refractivity (Wildman–Crippen MR) is 146 cm³/mol. The number of nitrogens with zero attached hydrogens (tertiary/aromatic N) is 1. The van der Waals surface area contributed by atoms with Crippen molar-refractivity contribution in [2.75, 3.05) is 14.2 Å². The van der Waals surface area contributed by atoms with Gasteiger partial charge >= 0.3 is 12.1 Å². The standard InChI is InChI=1S/C25H37FN4O8.C2H6/c1-13(29-24(36)38-25(4,5)6)20(31)27-14(2)22(33)30(7)18(21(32)28-15(3)23(34)35)12-16-9-10-19(37-8)17(26)11-16;1-2/h9-11,13-15,18H,12H2,1-8H3,(H,27,31)(H,28,32)(H,29,36)(H,34,35);1-2H3/t13-,14+,15+,18?;/m1./s1. The second kappa shape index (κ2) is 16.3. The van der Waals surface area contributed by atoms with Crippen LogP contribution in [0.15, 0.2) is 18.2 Å². The molecule has 4 amide bonds. The summed E-state index contributed by atoms with van der Waals surface area (Å²) in [6.45, 7) is 13.0. The molecule has 0 heterocycles. The van der Waals surface area contributed by atoms with Gasteiger partial charge in [-0.1, -0.05) is 19.9 Å². The van der Waals surface area contributed by atoms with Crippen LogP contribution in [0, 0.1) is 5.82 Å². The van der Waals surface area contributed by atoms with E-state index in [4.69, 9.17) is 14.6 Å². The molecular formula is C27H43FN4O8. The number of hydrogen-bond donors (Lipinski definition) is 4. The Labute approximate surface area is 235 Å². The summed E-state index contributed by atoms with van der Waals surface area (Å²) in [7, 11) is 2.61. The number of likely N-dealkylation sites (N-methyl/N-ethyl adjacent to an activating group) is 1. The fraction of sp³-hybridized carbons (Fsp3) is 0.593. The average molecular weight is 571 g/mol. The van der Waals surface area contributed by atoms with Gasteiger partial charge in [-0.25, -0.2) is 9.18 Å². The average Bonchev–Trinajstić information content (AvgIpc) is 2.86.